The molecule has 28 heavy (non-hydrogen) atoms. The molecule has 0 unspecified atom stereocenters. The van der Waals surface area contributed by atoms with Crippen LogP contribution >= 0.6 is 0 Å². The molecule has 1 rings (SSSR count). The maximum Gasteiger partial charge on any atom is 0.114 e. The van der Waals surface area contributed by atoms with Crippen LogP contribution < -0.4 is 0 Å². The van der Waals surface area contributed by atoms with Crippen LogP contribution in [0.2, 0.25) is 0 Å². The summed E-state index contributed by atoms with van der Waals surface area (Å²) in [5.74, 6) is 0. The second-order valence-corrected chi connectivity index (χ2v) is 8.03. The highest BCUT2D eigenvalue weighted by molar-refractivity contribution is 4.88. The second kappa shape index (κ2) is 17.4. The first-order valence-corrected chi connectivity index (χ1v) is 11.6. The first-order valence-electron chi connectivity index (χ1n) is 11.6. The van der Waals surface area contributed by atoms with Gasteiger partial charge in [0.25, 0.3) is 0 Å². The van der Waals surface area contributed by atoms with Crippen molar-refractivity contribution < 1.29 is 24.8 Å². The predicted octanol–water partition coefficient (Wildman–Crippen LogP) is 4.13. The van der Waals surface area contributed by atoms with Crippen molar-refractivity contribution in [2.45, 2.75) is 115 Å². The minimum Gasteiger partial charge on any atom is -0.394 e. The summed E-state index contributed by atoms with van der Waals surface area (Å²) >= 11 is 0. The fourth-order valence-electron chi connectivity index (χ4n) is 3.61. The summed E-state index contributed by atoms with van der Waals surface area (Å²) < 4.78 is 11.0. The number of allylic oxidation sites excluding steroid dienone is 2. The molecular formula is C23H44O5. The largest absolute Gasteiger partial charge is 0.394 e. The number of hydrogen-bond acceptors (Lipinski definition) is 5. The van der Waals surface area contributed by atoms with Crippen LogP contribution in [0, 0.1) is 0 Å². The van der Waals surface area contributed by atoms with Gasteiger partial charge in [-0.15, -0.1) is 0 Å². The molecule has 1 heterocycles. The fourth-order valence-corrected chi connectivity index (χ4v) is 3.61. The summed E-state index contributed by atoms with van der Waals surface area (Å²) in [4.78, 5) is 0. The average Bonchev–Trinajstić information content (AvgIpc) is 3.03. The van der Waals surface area contributed by atoms with Crippen molar-refractivity contribution in [3.63, 3.8) is 0 Å². The highest BCUT2D eigenvalue weighted by atomic mass is 16.6. The molecule has 3 N–H and O–H groups in total. The molecule has 0 amide bonds. The van der Waals surface area contributed by atoms with E-state index in [1.807, 2.05) is 0 Å². The van der Waals surface area contributed by atoms with Crippen LogP contribution in [0.15, 0.2) is 12.2 Å². The lowest BCUT2D eigenvalue weighted by Gasteiger charge is -2.24. The van der Waals surface area contributed by atoms with Crippen molar-refractivity contribution in [1.82, 2.24) is 0 Å². The van der Waals surface area contributed by atoms with Crippen LogP contribution in [0.3, 0.4) is 0 Å². The van der Waals surface area contributed by atoms with E-state index >= 15 is 0 Å². The molecule has 4 atom stereocenters. The molecule has 0 aliphatic carbocycles. The van der Waals surface area contributed by atoms with Gasteiger partial charge < -0.3 is 24.8 Å². The van der Waals surface area contributed by atoms with E-state index in [0.29, 0.717) is 6.61 Å². The Balaban J connectivity index is 1.87. The highest BCUT2D eigenvalue weighted by Crippen LogP contribution is 2.20. The van der Waals surface area contributed by atoms with E-state index in [9.17, 15) is 15.3 Å². The third kappa shape index (κ3) is 11.5. The minimum atomic E-state index is -0.979. The lowest BCUT2D eigenvalue weighted by molar-refractivity contribution is -0.101. The van der Waals surface area contributed by atoms with Crippen LogP contribution in [0.4, 0.5) is 0 Å². The van der Waals surface area contributed by atoms with Gasteiger partial charge in [0, 0.05) is 6.61 Å². The Hall–Kier alpha value is -0.460. The normalized spacial score (nSPS) is 23.6. The van der Waals surface area contributed by atoms with Gasteiger partial charge in [-0.05, 0) is 32.1 Å². The Morgan fingerprint density at radius 1 is 0.893 bits per heavy atom. The standard InChI is InChI=1S/C23H44O5/c1-2-3-4-5-6-7-8-9-10-11-12-13-14-15-16-17-27-21(18-24)23-22(26)20(25)19-28-23/h8-9,20-26H,2-7,10-19H2,1H3/b9-8+/t20-,21+,22+,23+/m1/s1. The zero-order valence-corrected chi connectivity index (χ0v) is 17.9. The Morgan fingerprint density at radius 2 is 1.46 bits per heavy atom. The molecule has 0 bridgehead atoms. The van der Waals surface area contributed by atoms with E-state index < -0.39 is 24.4 Å². The van der Waals surface area contributed by atoms with Crippen LogP contribution in [-0.2, 0) is 9.47 Å². The van der Waals surface area contributed by atoms with Gasteiger partial charge >= 0.3 is 0 Å². The number of aliphatic hydroxyl groups excluding tert-OH is 3. The summed E-state index contributed by atoms with van der Waals surface area (Å²) in [6, 6.07) is 0. The molecule has 0 aromatic heterocycles. The second-order valence-electron chi connectivity index (χ2n) is 8.03. The summed E-state index contributed by atoms with van der Waals surface area (Å²) in [5, 5.41) is 28.7. The Bertz CT molecular complexity index is 374. The smallest absolute Gasteiger partial charge is 0.114 e. The molecule has 5 heteroatoms. The number of aliphatic hydroxyl groups is 3. The van der Waals surface area contributed by atoms with E-state index in [2.05, 4.69) is 19.1 Å². The van der Waals surface area contributed by atoms with Gasteiger partial charge in [0.2, 0.25) is 0 Å². The van der Waals surface area contributed by atoms with Crippen LogP contribution in [0.1, 0.15) is 90.4 Å². The van der Waals surface area contributed by atoms with Crippen molar-refractivity contribution >= 4 is 0 Å². The van der Waals surface area contributed by atoms with Crippen LogP contribution in [-0.4, -0.2) is 59.6 Å². The molecule has 0 aromatic rings. The fraction of sp³-hybridized carbons (Fsp3) is 0.913. The quantitative estimate of drug-likeness (QED) is 0.238. The van der Waals surface area contributed by atoms with Crippen molar-refractivity contribution in [2.24, 2.45) is 0 Å². The van der Waals surface area contributed by atoms with Crippen LogP contribution in [0.5, 0.6) is 0 Å². The summed E-state index contributed by atoms with van der Waals surface area (Å²) in [5.41, 5.74) is 0. The topological polar surface area (TPSA) is 79.2 Å². The van der Waals surface area contributed by atoms with Gasteiger partial charge in [-0.3, -0.25) is 0 Å². The molecule has 0 spiro atoms. The number of ether oxygens (including phenoxy) is 2. The maximum atomic E-state index is 9.82. The maximum absolute atomic E-state index is 9.82. The summed E-state index contributed by atoms with van der Waals surface area (Å²) in [6.07, 6.45) is 17.9. The van der Waals surface area contributed by atoms with Gasteiger partial charge in [0.05, 0.1) is 13.2 Å². The van der Waals surface area contributed by atoms with E-state index in [0.717, 1.165) is 12.8 Å². The van der Waals surface area contributed by atoms with Gasteiger partial charge in [0.15, 0.2) is 0 Å². The molecule has 0 radical (unpaired) electrons. The summed E-state index contributed by atoms with van der Waals surface area (Å²) in [6.45, 7) is 2.70. The Labute approximate surface area is 172 Å². The van der Waals surface area contributed by atoms with Gasteiger partial charge in [-0.25, -0.2) is 0 Å². The molecule has 1 aliphatic heterocycles. The van der Waals surface area contributed by atoms with Gasteiger partial charge in [-0.1, -0.05) is 70.4 Å². The first kappa shape index (κ1) is 25.6. The third-order valence-electron chi connectivity index (χ3n) is 5.47. The van der Waals surface area contributed by atoms with Crippen LogP contribution in [0.25, 0.3) is 0 Å². The molecule has 166 valence electrons. The third-order valence-corrected chi connectivity index (χ3v) is 5.47. The molecular weight excluding hydrogens is 356 g/mol. The Morgan fingerprint density at radius 3 is 2.00 bits per heavy atom. The summed E-state index contributed by atoms with van der Waals surface area (Å²) in [7, 11) is 0. The number of hydrogen-bond donors (Lipinski definition) is 3. The van der Waals surface area contributed by atoms with Crippen molar-refractivity contribution in [3.8, 4) is 0 Å². The van der Waals surface area contributed by atoms with E-state index in [1.165, 1.54) is 70.6 Å². The van der Waals surface area contributed by atoms with Gasteiger partial charge in [-0.2, -0.15) is 0 Å². The van der Waals surface area contributed by atoms with Gasteiger partial charge in [0.1, 0.15) is 24.4 Å². The molecule has 1 aliphatic rings. The van der Waals surface area contributed by atoms with Crippen molar-refractivity contribution in [1.29, 1.82) is 0 Å². The van der Waals surface area contributed by atoms with E-state index in [1.54, 1.807) is 0 Å². The molecule has 1 saturated heterocycles. The molecule has 0 saturated carbocycles. The van der Waals surface area contributed by atoms with Crippen molar-refractivity contribution in [2.75, 3.05) is 19.8 Å². The average molecular weight is 401 g/mol. The highest BCUT2D eigenvalue weighted by Gasteiger charge is 2.40. The minimum absolute atomic E-state index is 0.0971. The van der Waals surface area contributed by atoms with E-state index in [-0.39, 0.29) is 13.2 Å². The SMILES string of the molecule is CCCCCCC/C=C/CCCCCCCCO[C@@H](CO)[C@@H]1OC[C@@H](O)[C@@H]1O. The van der Waals surface area contributed by atoms with E-state index in [4.69, 9.17) is 9.47 Å². The zero-order chi connectivity index (χ0) is 20.5. The lowest BCUT2D eigenvalue weighted by Crippen LogP contribution is -2.42. The number of rotatable bonds is 18. The molecule has 5 nitrogen and oxygen atoms in total. The van der Waals surface area contributed by atoms with Crippen molar-refractivity contribution in [3.05, 3.63) is 12.2 Å². The zero-order valence-electron chi connectivity index (χ0n) is 17.9. The monoisotopic (exact) mass is 400 g/mol. The molecule has 1 fully saturated rings. The predicted molar refractivity (Wildman–Crippen MR) is 113 cm³/mol. The molecule has 0 aromatic carbocycles. The lowest BCUT2D eigenvalue weighted by atomic mass is 10.1. The number of unbranched alkanes of at least 4 members (excludes halogenated alkanes) is 11. The Kier molecular flexibility index (Phi) is 15.9. The first-order chi connectivity index (χ1) is 13.7.